The number of nitrogen functional groups attached to an aromatic ring is 1. The minimum Gasteiger partial charge on any atom is -0.398 e. The molecule has 0 bridgehead atoms. The molecule has 114 valence electrons. The van der Waals surface area contributed by atoms with Crippen LogP contribution in [0.3, 0.4) is 0 Å². The number of fused-ring (bicyclic) bond motifs is 1. The van der Waals surface area contributed by atoms with E-state index in [0.717, 1.165) is 19.3 Å². The molecule has 0 spiro atoms. The number of sulfonamides is 1. The standard InChI is InChI=1S/C15H21N3O2S/c1-3-6-11(4-2)18-21(19,20)14-9-8-13(16)12-7-5-10-17-15(12)14/h5,7-11,18H,3-4,6,16H2,1-2H3. The van der Waals surface area contributed by atoms with Crippen molar-refractivity contribution in [3.63, 3.8) is 0 Å². The highest BCUT2D eigenvalue weighted by Gasteiger charge is 2.22. The van der Waals surface area contributed by atoms with Gasteiger partial charge in [0.1, 0.15) is 4.90 Å². The number of nitrogens with one attached hydrogen (secondary N) is 1. The first-order valence-electron chi connectivity index (χ1n) is 7.15. The number of hydrogen-bond acceptors (Lipinski definition) is 4. The predicted octanol–water partition coefficient (Wildman–Crippen LogP) is 2.67. The normalized spacial score (nSPS) is 13.4. The van der Waals surface area contributed by atoms with Crippen LogP contribution in [0.5, 0.6) is 0 Å². The molecule has 1 aromatic carbocycles. The van der Waals surface area contributed by atoms with Crippen molar-refractivity contribution in [3.8, 4) is 0 Å². The van der Waals surface area contributed by atoms with Gasteiger partial charge in [0, 0.05) is 23.3 Å². The van der Waals surface area contributed by atoms with Crippen LogP contribution in [-0.4, -0.2) is 19.4 Å². The van der Waals surface area contributed by atoms with E-state index in [9.17, 15) is 8.42 Å². The van der Waals surface area contributed by atoms with Crippen LogP contribution in [0.1, 0.15) is 33.1 Å². The summed E-state index contributed by atoms with van der Waals surface area (Å²) in [6, 6.07) is 6.59. The Labute approximate surface area is 125 Å². The van der Waals surface area contributed by atoms with E-state index in [-0.39, 0.29) is 10.9 Å². The summed E-state index contributed by atoms with van der Waals surface area (Å²) in [5.41, 5.74) is 6.83. The van der Waals surface area contributed by atoms with Gasteiger partial charge in [-0.2, -0.15) is 0 Å². The van der Waals surface area contributed by atoms with Crippen molar-refractivity contribution in [2.75, 3.05) is 5.73 Å². The van der Waals surface area contributed by atoms with Crippen molar-refractivity contribution in [1.82, 2.24) is 9.71 Å². The van der Waals surface area contributed by atoms with Gasteiger partial charge in [0.2, 0.25) is 10.0 Å². The monoisotopic (exact) mass is 307 g/mol. The number of benzene rings is 1. The molecule has 6 heteroatoms. The molecule has 1 heterocycles. The van der Waals surface area contributed by atoms with E-state index >= 15 is 0 Å². The zero-order chi connectivity index (χ0) is 15.5. The maximum absolute atomic E-state index is 12.6. The van der Waals surface area contributed by atoms with Gasteiger partial charge in [-0.3, -0.25) is 4.98 Å². The summed E-state index contributed by atoms with van der Waals surface area (Å²) in [6.07, 6.45) is 4.08. The molecular formula is C15H21N3O2S. The van der Waals surface area contributed by atoms with Gasteiger partial charge in [-0.25, -0.2) is 13.1 Å². The topological polar surface area (TPSA) is 85.1 Å². The third kappa shape index (κ3) is 3.33. The molecule has 1 aromatic heterocycles. The molecule has 0 aliphatic carbocycles. The second-order valence-electron chi connectivity index (χ2n) is 5.07. The Hall–Kier alpha value is -1.66. The molecule has 0 aliphatic rings. The summed E-state index contributed by atoms with van der Waals surface area (Å²) in [5, 5.41) is 0.656. The summed E-state index contributed by atoms with van der Waals surface area (Å²) in [7, 11) is -3.61. The van der Waals surface area contributed by atoms with Crippen LogP contribution in [0.2, 0.25) is 0 Å². The molecule has 0 radical (unpaired) electrons. The van der Waals surface area contributed by atoms with Gasteiger partial charge < -0.3 is 5.73 Å². The van der Waals surface area contributed by atoms with Crippen LogP contribution in [-0.2, 0) is 10.0 Å². The predicted molar refractivity (Wildman–Crippen MR) is 85.5 cm³/mol. The van der Waals surface area contributed by atoms with Crippen molar-refractivity contribution in [3.05, 3.63) is 30.5 Å². The molecule has 1 unspecified atom stereocenters. The average Bonchev–Trinajstić information content (AvgIpc) is 2.47. The third-order valence-electron chi connectivity index (χ3n) is 3.51. The minimum absolute atomic E-state index is 0.0590. The molecule has 1 atom stereocenters. The lowest BCUT2D eigenvalue weighted by Crippen LogP contribution is -2.34. The summed E-state index contributed by atoms with van der Waals surface area (Å²) in [5.74, 6) is 0. The van der Waals surface area contributed by atoms with Crippen LogP contribution < -0.4 is 10.5 Å². The Bertz CT molecular complexity index is 729. The Morgan fingerprint density at radius 3 is 2.71 bits per heavy atom. The maximum Gasteiger partial charge on any atom is 0.242 e. The van der Waals surface area contributed by atoms with E-state index in [4.69, 9.17) is 5.73 Å². The molecule has 0 fully saturated rings. The van der Waals surface area contributed by atoms with Gasteiger partial charge in [-0.05, 0) is 37.1 Å². The second-order valence-corrected chi connectivity index (χ2v) is 6.75. The van der Waals surface area contributed by atoms with E-state index in [1.165, 1.54) is 6.07 Å². The molecule has 21 heavy (non-hydrogen) atoms. The van der Waals surface area contributed by atoms with Crippen molar-refractivity contribution in [1.29, 1.82) is 0 Å². The van der Waals surface area contributed by atoms with Crippen LogP contribution in [0.15, 0.2) is 35.4 Å². The first-order chi connectivity index (χ1) is 9.99. The summed E-state index contributed by atoms with van der Waals surface area (Å²) in [6.45, 7) is 4.01. The fourth-order valence-corrected chi connectivity index (χ4v) is 3.88. The lowest BCUT2D eigenvalue weighted by Gasteiger charge is -2.17. The zero-order valence-electron chi connectivity index (χ0n) is 12.3. The molecule has 0 saturated heterocycles. The number of nitrogens with two attached hydrogens (primary N) is 1. The molecule has 0 amide bonds. The SMILES string of the molecule is CCCC(CC)NS(=O)(=O)c1ccc(N)c2cccnc12. The zero-order valence-corrected chi connectivity index (χ0v) is 13.2. The molecule has 0 saturated carbocycles. The van der Waals surface area contributed by atoms with Gasteiger partial charge in [-0.1, -0.05) is 20.3 Å². The van der Waals surface area contributed by atoms with Crippen LogP contribution in [0, 0.1) is 0 Å². The van der Waals surface area contributed by atoms with Crippen molar-refractivity contribution in [2.24, 2.45) is 0 Å². The number of hydrogen-bond donors (Lipinski definition) is 2. The van der Waals surface area contributed by atoms with Gasteiger partial charge in [-0.15, -0.1) is 0 Å². The van der Waals surface area contributed by atoms with E-state index in [1.54, 1.807) is 24.4 Å². The van der Waals surface area contributed by atoms with Gasteiger partial charge in [0.25, 0.3) is 0 Å². The maximum atomic E-state index is 12.6. The first-order valence-corrected chi connectivity index (χ1v) is 8.63. The van der Waals surface area contributed by atoms with Gasteiger partial charge in [0.05, 0.1) is 5.52 Å². The molecule has 2 aromatic rings. The molecule has 5 nitrogen and oxygen atoms in total. The Balaban J connectivity index is 2.48. The lowest BCUT2D eigenvalue weighted by atomic mass is 10.1. The Morgan fingerprint density at radius 1 is 1.29 bits per heavy atom. The summed E-state index contributed by atoms with van der Waals surface area (Å²) >= 11 is 0. The first kappa shape index (κ1) is 15.7. The van der Waals surface area contributed by atoms with Crippen LogP contribution in [0.25, 0.3) is 10.9 Å². The smallest absolute Gasteiger partial charge is 0.242 e. The van der Waals surface area contributed by atoms with E-state index in [1.807, 2.05) is 13.8 Å². The highest BCUT2D eigenvalue weighted by Crippen LogP contribution is 2.26. The number of aromatic nitrogens is 1. The summed E-state index contributed by atoms with van der Waals surface area (Å²) < 4.78 is 28.0. The molecule has 0 aliphatic heterocycles. The van der Waals surface area contributed by atoms with E-state index in [2.05, 4.69) is 9.71 Å². The molecule has 2 rings (SSSR count). The van der Waals surface area contributed by atoms with Crippen LogP contribution in [0.4, 0.5) is 5.69 Å². The lowest BCUT2D eigenvalue weighted by molar-refractivity contribution is 0.513. The average molecular weight is 307 g/mol. The van der Waals surface area contributed by atoms with Crippen molar-refractivity contribution in [2.45, 2.75) is 44.0 Å². The largest absolute Gasteiger partial charge is 0.398 e. The van der Waals surface area contributed by atoms with E-state index < -0.39 is 10.0 Å². The number of rotatable bonds is 6. The third-order valence-corrected chi connectivity index (χ3v) is 5.06. The van der Waals surface area contributed by atoms with Crippen molar-refractivity contribution >= 4 is 26.6 Å². The van der Waals surface area contributed by atoms with Gasteiger partial charge in [0.15, 0.2) is 0 Å². The number of pyridine rings is 1. The Morgan fingerprint density at radius 2 is 2.05 bits per heavy atom. The van der Waals surface area contributed by atoms with Gasteiger partial charge >= 0.3 is 0 Å². The molecular weight excluding hydrogens is 286 g/mol. The fourth-order valence-electron chi connectivity index (χ4n) is 2.36. The highest BCUT2D eigenvalue weighted by atomic mass is 32.2. The second kappa shape index (κ2) is 6.41. The quantitative estimate of drug-likeness (QED) is 0.803. The van der Waals surface area contributed by atoms with Crippen LogP contribution >= 0.6 is 0 Å². The number of anilines is 1. The Kier molecular flexibility index (Phi) is 4.80. The fraction of sp³-hybridized carbons (Fsp3) is 0.400. The number of nitrogens with zero attached hydrogens (tertiary/aromatic N) is 1. The highest BCUT2D eigenvalue weighted by molar-refractivity contribution is 7.89. The van der Waals surface area contributed by atoms with Crippen molar-refractivity contribution < 1.29 is 8.42 Å². The molecule has 3 N–H and O–H groups in total. The van der Waals surface area contributed by atoms with E-state index in [0.29, 0.717) is 16.6 Å². The minimum atomic E-state index is -3.61. The summed E-state index contributed by atoms with van der Waals surface area (Å²) in [4.78, 5) is 4.37.